The Labute approximate surface area is 183 Å². The maximum atomic E-state index is 11.5. The van der Waals surface area contributed by atoms with Crippen molar-refractivity contribution in [2.75, 3.05) is 25.5 Å². The average Bonchev–Trinajstić information content (AvgIpc) is 3.03. The number of aliphatic imine (C=N–C) groups is 1. The molecule has 0 atom stereocenters. The van der Waals surface area contributed by atoms with Crippen molar-refractivity contribution in [1.29, 1.82) is 0 Å². The number of amides is 1. The standard InChI is InChI=1S/C19H26N4O2S.2ClH/c1-6-23(5)12-20-16-9-13(3)15(8-14(16)4)10-18-21-17(11-26-18)22-19(24)25-7-2;;/h8-9,11-12H,6-7,10H2,1-5H3,(H,22,24);2*1H. The van der Waals surface area contributed by atoms with Gasteiger partial charge in [0.15, 0.2) is 0 Å². The number of hydrogen-bond acceptors (Lipinski definition) is 5. The molecule has 0 fully saturated rings. The molecule has 0 saturated heterocycles. The Morgan fingerprint density at radius 1 is 1.29 bits per heavy atom. The number of anilines is 1. The van der Waals surface area contributed by atoms with Gasteiger partial charge in [-0.25, -0.2) is 14.8 Å². The zero-order valence-corrected chi connectivity index (χ0v) is 19.3. The van der Waals surface area contributed by atoms with Crippen molar-refractivity contribution in [3.63, 3.8) is 0 Å². The SMILES string of the molecule is CCOC(=O)Nc1csc(Cc2cc(C)c(N=CN(C)CC)cc2C)n1.Cl.Cl. The Morgan fingerprint density at radius 2 is 2.00 bits per heavy atom. The van der Waals surface area contributed by atoms with Gasteiger partial charge in [-0.3, -0.25) is 5.32 Å². The second-order valence-corrected chi connectivity index (χ2v) is 6.97. The predicted molar refractivity (Wildman–Crippen MR) is 122 cm³/mol. The minimum atomic E-state index is -0.476. The van der Waals surface area contributed by atoms with Crippen LogP contribution in [0.15, 0.2) is 22.5 Å². The minimum absolute atomic E-state index is 0. The normalized spacial score (nSPS) is 10.2. The fraction of sp³-hybridized carbons (Fsp3) is 0.421. The van der Waals surface area contributed by atoms with E-state index in [1.165, 1.54) is 22.5 Å². The third-order valence-electron chi connectivity index (χ3n) is 3.95. The smallest absolute Gasteiger partial charge is 0.412 e. The molecule has 0 aliphatic carbocycles. The molecule has 0 saturated carbocycles. The summed E-state index contributed by atoms with van der Waals surface area (Å²) in [6.07, 6.45) is 2.10. The first-order valence-corrected chi connectivity index (χ1v) is 9.53. The van der Waals surface area contributed by atoms with E-state index >= 15 is 0 Å². The number of aromatic nitrogens is 1. The van der Waals surface area contributed by atoms with Crippen molar-refractivity contribution in [1.82, 2.24) is 9.88 Å². The molecule has 1 aromatic heterocycles. The van der Waals surface area contributed by atoms with E-state index in [4.69, 9.17) is 4.74 Å². The molecule has 0 spiro atoms. The van der Waals surface area contributed by atoms with Gasteiger partial charge >= 0.3 is 6.09 Å². The zero-order valence-electron chi connectivity index (χ0n) is 16.8. The van der Waals surface area contributed by atoms with Crippen LogP contribution in [0.5, 0.6) is 0 Å². The monoisotopic (exact) mass is 446 g/mol. The fourth-order valence-corrected chi connectivity index (χ4v) is 3.07. The summed E-state index contributed by atoms with van der Waals surface area (Å²) >= 11 is 1.52. The molecule has 0 radical (unpaired) electrons. The lowest BCUT2D eigenvalue weighted by molar-refractivity contribution is 0.168. The molecule has 2 rings (SSSR count). The van der Waals surface area contributed by atoms with Crippen LogP contribution in [0.25, 0.3) is 0 Å². The highest BCUT2D eigenvalue weighted by Crippen LogP contribution is 2.26. The molecule has 9 heteroatoms. The van der Waals surface area contributed by atoms with Crippen molar-refractivity contribution in [2.24, 2.45) is 4.99 Å². The molecule has 1 N–H and O–H groups in total. The lowest BCUT2D eigenvalue weighted by Crippen LogP contribution is -2.14. The highest BCUT2D eigenvalue weighted by atomic mass is 35.5. The van der Waals surface area contributed by atoms with Gasteiger partial charge in [0.25, 0.3) is 0 Å². The number of nitrogens with one attached hydrogen (secondary N) is 1. The number of nitrogens with zero attached hydrogens (tertiary/aromatic N) is 3. The van der Waals surface area contributed by atoms with E-state index in [1.807, 2.05) is 23.7 Å². The molecule has 0 bridgehead atoms. The highest BCUT2D eigenvalue weighted by molar-refractivity contribution is 7.10. The van der Waals surface area contributed by atoms with Gasteiger partial charge in [-0.1, -0.05) is 6.07 Å². The quantitative estimate of drug-likeness (QED) is 0.458. The summed E-state index contributed by atoms with van der Waals surface area (Å²) in [7, 11) is 2.00. The first-order valence-electron chi connectivity index (χ1n) is 8.65. The number of thiazole rings is 1. The van der Waals surface area contributed by atoms with Crippen molar-refractivity contribution in [3.05, 3.63) is 39.2 Å². The lowest BCUT2D eigenvalue weighted by Gasteiger charge is -2.11. The van der Waals surface area contributed by atoms with Crippen LogP contribution in [0.1, 0.15) is 35.5 Å². The molecule has 1 amide bonds. The molecule has 0 aliphatic rings. The summed E-state index contributed by atoms with van der Waals surface area (Å²) in [4.78, 5) is 22.5. The molecule has 28 heavy (non-hydrogen) atoms. The van der Waals surface area contributed by atoms with Crippen LogP contribution in [-0.2, 0) is 11.2 Å². The zero-order chi connectivity index (χ0) is 19.1. The summed E-state index contributed by atoms with van der Waals surface area (Å²) in [5.74, 6) is 0.529. The van der Waals surface area contributed by atoms with Gasteiger partial charge in [-0.05, 0) is 50.5 Å². The summed E-state index contributed by atoms with van der Waals surface area (Å²) in [6.45, 7) is 9.27. The van der Waals surface area contributed by atoms with Crippen LogP contribution >= 0.6 is 36.2 Å². The maximum absolute atomic E-state index is 11.5. The highest BCUT2D eigenvalue weighted by Gasteiger charge is 2.10. The van der Waals surface area contributed by atoms with E-state index in [9.17, 15) is 4.79 Å². The van der Waals surface area contributed by atoms with Crippen molar-refractivity contribution in [2.45, 2.75) is 34.1 Å². The molecule has 6 nitrogen and oxygen atoms in total. The third kappa shape index (κ3) is 7.66. The Hall–Kier alpha value is -1.83. The lowest BCUT2D eigenvalue weighted by atomic mass is 10.0. The Bertz CT molecular complexity index is 796. The van der Waals surface area contributed by atoms with E-state index < -0.39 is 6.09 Å². The van der Waals surface area contributed by atoms with E-state index in [2.05, 4.69) is 48.2 Å². The van der Waals surface area contributed by atoms with Crippen LogP contribution < -0.4 is 5.32 Å². The molecular formula is C19H28Cl2N4O2S. The molecule has 1 heterocycles. The summed E-state index contributed by atoms with van der Waals surface area (Å²) < 4.78 is 4.87. The number of carbonyl (C=O) groups excluding carboxylic acids is 1. The second kappa shape index (κ2) is 12.6. The van der Waals surface area contributed by atoms with Crippen molar-refractivity contribution >= 4 is 60.1 Å². The number of aryl methyl sites for hydroxylation is 2. The number of ether oxygens (including phenoxy) is 1. The number of halogens is 2. The summed E-state index contributed by atoms with van der Waals surface area (Å²) in [5, 5.41) is 5.40. The number of carbonyl (C=O) groups is 1. The van der Waals surface area contributed by atoms with Crippen LogP contribution in [0.2, 0.25) is 0 Å². The largest absolute Gasteiger partial charge is 0.450 e. The first kappa shape index (κ1) is 26.2. The molecule has 0 aliphatic heterocycles. The first-order chi connectivity index (χ1) is 12.4. The van der Waals surface area contributed by atoms with Gasteiger partial charge < -0.3 is 9.64 Å². The average molecular weight is 447 g/mol. The molecule has 0 unspecified atom stereocenters. The van der Waals surface area contributed by atoms with Gasteiger partial charge in [-0.15, -0.1) is 36.2 Å². The van der Waals surface area contributed by atoms with Crippen molar-refractivity contribution < 1.29 is 9.53 Å². The fourth-order valence-electron chi connectivity index (χ4n) is 2.32. The number of rotatable bonds is 7. The predicted octanol–water partition coefficient (Wildman–Crippen LogP) is 5.37. The van der Waals surface area contributed by atoms with Crippen LogP contribution in [-0.4, -0.2) is 42.5 Å². The van der Waals surface area contributed by atoms with E-state index in [-0.39, 0.29) is 24.8 Å². The van der Waals surface area contributed by atoms with Gasteiger partial charge in [-0.2, -0.15) is 0 Å². The van der Waals surface area contributed by atoms with E-state index in [0.29, 0.717) is 12.4 Å². The van der Waals surface area contributed by atoms with E-state index in [0.717, 1.165) is 29.2 Å². The maximum Gasteiger partial charge on any atom is 0.412 e. The topological polar surface area (TPSA) is 66.8 Å². The molecule has 156 valence electrons. The molecule has 1 aromatic carbocycles. The minimum Gasteiger partial charge on any atom is -0.450 e. The Kier molecular flexibility index (Phi) is 11.8. The number of hydrogen-bond donors (Lipinski definition) is 1. The second-order valence-electron chi connectivity index (χ2n) is 6.03. The van der Waals surface area contributed by atoms with E-state index in [1.54, 1.807) is 6.92 Å². The van der Waals surface area contributed by atoms with Gasteiger partial charge in [0.05, 0.1) is 23.6 Å². The van der Waals surface area contributed by atoms with Gasteiger partial charge in [0.2, 0.25) is 0 Å². The van der Waals surface area contributed by atoms with Crippen LogP contribution in [0.4, 0.5) is 16.3 Å². The summed E-state index contributed by atoms with van der Waals surface area (Å²) in [5.41, 5.74) is 4.50. The Morgan fingerprint density at radius 3 is 2.64 bits per heavy atom. The van der Waals surface area contributed by atoms with Crippen molar-refractivity contribution in [3.8, 4) is 0 Å². The van der Waals surface area contributed by atoms with Crippen LogP contribution in [0, 0.1) is 13.8 Å². The molecular weight excluding hydrogens is 419 g/mol. The third-order valence-corrected chi connectivity index (χ3v) is 4.80. The molecule has 2 aromatic rings. The number of benzene rings is 1. The van der Waals surface area contributed by atoms with Crippen LogP contribution in [0.3, 0.4) is 0 Å². The summed E-state index contributed by atoms with van der Waals surface area (Å²) in [6, 6.07) is 4.27. The Balaban J connectivity index is 0.00000364. The van der Waals surface area contributed by atoms with Gasteiger partial charge in [0, 0.05) is 25.4 Å². The van der Waals surface area contributed by atoms with Gasteiger partial charge in [0.1, 0.15) is 5.82 Å².